The van der Waals surface area contributed by atoms with E-state index in [1.807, 2.05) is 19.2 Å². The summed E-state index contributed by atoms with van der Waals surface area (Å²) in [5.41, 5.74) is 4.66. The van der Waals surface area contributed by atoms with E-state index in [0.29, 0.717) is 6.61 Å². The van der Waals surface area contributed by atoms with E-state index in [1.165, 1.54) is 24.0 Å². The fourth-order valence-corrected chi connectivity index (χ4v) is 3.35. The third-order valence-corrected chi connectivity index (χ3v) is 4.50. The molecule has 0 spiro atoms. The van der Waals surface area contributed by atoms with Gasteiger partial charge in [-0.2, -0.15) is 0 Å². The average Bonchev–Trinajstić information content (AvgIpc) is 3.25. The molecular weight excluding hydrogens is 286 g/mol. The Bertz CT molecular complexity index is 748. The average molecular weight is 307 g/mol. The molecule has 1 aromatic carbocycles. The molecule has 1 aromatic heterocycles. The standard InChI is InChI=1S/C19H21N3O/c1-2-23-16-6-5-15-13-21-19(17(15)12-16)14-7-8-20-18(11-14)22-9-3-4-10-22/h5-8,11-12H,2-4,9-10,13H2,1H3. The minimum Gasteiger partial charge on any atom is -0.494 e. The van der Waals surface area contributed by atoms with E-state index in [4.69, 9.17) is 9.73 Å². The second-order valence-electron chi connectivity index (χ2n) is 6.01. The number of hydrogen-bond acceptors (Lipinski definition) is 4. The van der Waals surface area contributed by atoms with Crippen molar-refractivity contribution in [1.29, 1.82) is 0 Å². The van der Waals surface area contributed by atoms with Gasteiger partial charge >= 0.3 is 0 Å². The summed E-state index contributed by atoms with van der Waals surface area (Å²) < 4.78 is 5.64. The molecular formula is C19H21N3O. The predicted octanol–water partition coefficient (Wildman–Crippen LogP) is 3.43. The molecule has 0 saturated carbocycles. The molecule has 3 heterocycles. The summed E-state index contributed by atoms with van der Waals surface area (Å²) in [6, 6.07) is 10.5. The number of rotatable bonds is 4. The Balaban J connectivity index is 1.68. The Morgan fingerprint density at radius 3 is 2.83 bits per heavy atom. The van der Waals surface area contributed by atoms with Gasteiger partial charge in [0.25, 0.3) is 0 Å². The molecule has 2 aliphatic heterocycles. The highest BCUT2D eigenvalue weighted by atomic mass is 16.5. The van der Waals surface area contributed by atoms with E-state index in [2.05, 4.69) is 34.1 Å². The van der Waals surface area contributed by atoms with Crippen LogP contribution in [0.4, 0.5) is 5.82 Å². The first-order valence-corrected chi connectivity index (χ1v) is 8.37. The van der Waals surface area contributed by atoms with Crippen LogP contribution in [0.25, 0.3) is 0 Å². The molecule has 0 unspecified atom stereocenters. The molecule has 118 valence electrons. The van der Waals surface area contributed by atoms with Crippen molar-refractivity contribution in [3.05, 3.63) is 53.2 Å². The first-order valence-electron chi connectivity index (χ1n) is 8.37. The quantitative estimate of drug-likeness (QED) is 0.868. The van der Waals surface area contributed by atoms with E-state index in [0.717, 1.165) is 42.5 Å². The summed E-state index contributed by atoms with van der Waals surface area (Å²) >= 11 is 0. The van der Waals surface area contributed by atoms with Crippen molar-refractivity contribution < 1.29 is 4.74 Å². The van der Waals surface area contributed by atoms with Crippen LogP contribution < -0.4 is 9.64 Å². The Morgan fingerprint density at radius 1 is 1.13 bits per heavy atom. The van der Waals surface area contributed by atoms with E-state index in [-0.39, 0.29) is 0 Å². The summed E-state index contributed by atoms with van der Waals surface area (Å²) in [6.45, 7) is 5.65. The van der Waals surface area contributed by atoms with E-state index < -0.39 is 0 Å². The third-order valence-electron chi connectivity index (χ3n) is 4.50. The van der Waals surface area contributed by atoms with Gasteiger partial charge in [-0.1, -0.05) is 6.07 Å². The molecule has 4 nitrogen and oxygen atoms in total. The molecule has 2 aliphatic rings. The van der Waals surface area contributed by atoms with Crippen LogP contribution in [0.2, 0.25) is 0 Å². The van der Waals surface area contributed by atoms with Crippen molar-refractivity contribution >= 4 is 11.5 Å². The van der Waals surface area contributed by atoms with Crippen molar-refractivity contribution in [3.8, 4) is 5.75 Å². The molecule has 4 rings (SSSR count). The molecule has 0 atom stereocenters. The van der Waals surface area contributed by atoms with Crippen LogP contribution in [-0.4, -0.2) is 30.4 Å². The van der Waals surface area contributed by atoms with Crippen molar-refractivity contribution in [3.63, 3.8) is 0 Å². The van der Waals surface area contributed by atoms with Gasteiger partial charge in [0.05, 0.1) is 18.9 Å². The largest absolute Gasteiger partial charge is 0.494 e. The van der Waals surface area contributed by atoms with Crippen LogP contribution in [0, 0.1) is 0 Å². The van der Waals surface area contributed by atoms with Crippen LogP contribution in [0.3, 0.4) is 0 Å². The zero-order chi connectivity index (χ0) is 15.6. The van der Waals surface area contributed by atoms with Crippen molar-refractivity contribution in [1.82, 2.24) is 4.98 Å². The number of nitrogens with zero attached hydrogens (tertiary/aromatic N) is 3. The topological polar surface area (TPSA) is 37.7 Å². The Labute approximate surface area is 136 Å². The van der Waals surface area contributed by atoms with Gasteiger partial charge in [-0.15, -0.1) is 0 Å². The van der Waals surface area contributed by atoms with Crippen molar-refractivity contribution in [2.24, 2.45) is 4.99 Å². The maximum absolute atomic E-state index is 5.64. The van der Waals surface area contributed by atoms with Gasteiger partial charge in [0, 0.05) is 30.4 Å². The third kappa shape index (κ3) is 2.69. The number of aliphatic imine (C=N–C) groups is 1. The number of aromatic nitrogens is 1. The molecule has 4 heteroatoms. The van der Waals surface area contributed by atoms with Gasteiger partial charge in [0.2, 0.25) is 0 Å². The fraction of sp³-hybridized carbons (Fsp3) is 0.368. The summed E-state index contributed by atoms with van der Waals surface area (Å²) in [5.74, 6) is 1.98. The van der Waals surface area contributed by atoms with E-state index in [1.54, 1.807) is 0 Å². The van der Waals surface area contributed by atoms with Crippen molar-refractivity contribution in [2.75, 3.05) is 24.6 Å². The summed E-state index contributed by atoms with van der Waals surface area (Å²) in [4.78, 5) is 11.7. The van der Waals surface area contributed by atoms with Gasteiger partial charge in [-0.3, -0.25) is 4.99 Å². The minimum atomic E-state index is 0.680. The Morgan fingerprint density at radius 2 is 2.00 bits per heavy atom. The Kier molecular flexibility index (Phi) is 3.74. The molecule has 1 fully saturated rings. The van der Waals surface area contributed by atoms with Gasteiger partial charge in [-0.05, 0) is 49.6 Å². The van der Waals surface area contributed by atoms with E-state index in [9.17, 15) is 0 Å². The highest BCUT2D eigenvalue weighted by Crippen LogP contribution is 2.28. The normalized spacial score (nSPS) is 16.4. The number of fused-ring (bicyclic) bond motifs is 1. The number of ether oxygens (including phenoxy) is 1. The smallest absolute Gasteiger partial charge is 0.129 e. The fourth-order valence-electron chi connectivity index (χ4n) is 3.35. The lowest BCUT2D eigenvalue weighted by molar-refractivity contribution is 0.340. The highest BCUT2D eigenvalue weighted by Gasteiger charge is 2.20. The van der Waals surface area contributed by atoms with Gasteiger partial charge in [0.15, 0.2) is 0 Å². The molecule has 0 amide bonds. The predicted molar refractivity (Wildman–Crippen MR) is 92.6 cm³/mol. The molecule has 2 aromatic rings. The summed E-state index contributed by atoms with van der Waals surface area (Å²) in [5, 5.41) is 0. The van der Waals surface area contributed by atoms with Gasteiger partial charge < -0.3 is 9.64 Å². The molecule has 0 N–H and O–H groups in total. The first-order chi connectivity index (χ1) is 11.3. The van der Waals surface area contributed by atoms with E-state index >= 15 is 0 Å². The second-order valence-corrected chi connectivity index (χ2v) is 6.01. The molecule has 1 saturated heterocycles. The maximum atomic E-state index is 5.64. The first kappa shape index (κ1) is 14.2. The van der Waals surface area contributed by atoms with Gasteiger partial charge in [-0.25, -0.2) is 4.98 Å². The lowest BCUT2D eigenvalue weighted by Gasteiger charge is -2.17. The number of pyridine rings is 1. The molecule has 23 heavy (non-hydrogen) atoms. The summed E-state index contributed by atoms with van der Waals surface area (Å²) in [7, 11) is 0. The number of benzene rings is 1. The lowest BCUT2D eigenvalue weighted by Crippen LogP contribution is -2.19. The van der Waals surface area contributed by atoms with Gasteiger partial charge in [0.1, 0.15) is 11.6 Å². The van der Waals surface area contributed by atoms with Crippen LogP contribution in [-0.2, 0) is 6.54 Å². The minimum absolute atomic E-state index is 0.680. The molecule has 0 bridgehead atoms. The number of anilines is 1. The highest BCUT2D eigenvalue weighted by molar-refractivity contribution is 6.15. The van der Waals surface area contributed by atoms with Crippen LogP contribution in [0.1, 0.15) is 36.5 Å². The SMILES string of the molecule is CCOc1ccc2c(c1)C(c1ccnc(N3CCCC3)c1)=NC2. The van der Waals surface area contributed by atoms with Crippen LogP contribution in [0.5, 0.6) is 5.75 Å². The molecule has 0 aliphatic carbocycles. The summed E-state index contributed by atoms with van der Waals surface area (Å²) in [6.07, 6.45) is 4.41. The van der Waals surface area contributed by atoms with Crippen molar-refractivity contribution in [2.45, 2.75) is 26.3 Å². The van der Waals surface area contributed by atoms with Crippen LogP contribution in [0.15, 0.2) is 41.5 Å². The monoisotopic (exact) mass is 307 g/mol. The maximum Gasteiger partial charge on any atom is 0.129 e. The number of hydrogen-bond donors (Lipinski definition) is 0. The molecule has 0 radical (unpaired) electrons. The zero-order valence-corrected chi connectivity index (χ0v) is 13.5. The Hall–Kier alpha value is -2.36. The zero-order valence-electron chi connectivity index (χ0n) is 13.5. The second kappa shape index (κ2) is 6.03. The van der Waals surface area contributed by atoms with Crippen LogP contribution >= 0.6 is 0 Å². The lowest BCUT2D eigenvalue weighted by atomic mass is 10.0.